The van der Waals surface area contributed by atoms with E-state index in [-0.39, 0.29) is 12.7 Å². The quantitative estimate of drug-likeness (QED) is 0.552. The number of thiazole rings is 1. The largest absolute Gasteiger partial charge is 0.454 e. The van der Waals surface area contributed by atoms with Crippen LogP contribution in [0.3, 0.4) is 0 Å². The number of aryl methyl sites for hydroxylation is 1. The summed E-state index contributed by atoms with van der Waals surface area (Å²) < 4.78 is 10.6. The number of anilines is 1. The van der Waals surface area contributed by atoms with Gasteiger partial charge in [-0.1, -0.05) is 23.5 Å². The second-order valence-electron chi connectivity index (χ2n) is 6.40. The first-order valence-corrected chi connectivity index (χ1v) is 9.52. The zero-order valence-corrected chi connectivity index (χ0v) is 15.7. The van der Waals surface area contributed by atoms with Gasteiger partial charge in [-0.15, -0.1) is 0 Å². The van der Waals surface area contributed by atoms with Gasteiger partial charge in [-0.05, 0) is 48.9 Å². The van der Waals surface area contributed by atoms with Gasteiger partial charge in [-0.2, -0.15) is 0 Å². The van der Waals surface area contributed by atoms with Crippen molar-refractivity contribution in [3.8, 4) is 22.1 Å². The molecule has 0 unspecified atom stereocenters. The van der Waals surface area contributed by atoms with Crippen molar-refractivity contribution in [2.75, 3.05) is 12.1 Å². The van der Waals surface area contributed by atoms with Crippen molar-refractivity contribution in [3.05, 3.63) is 65.9 Å². The molecule has 0 saturated carbocycles. The third-order valence-electron chi connectivity index (χ3n) is 4.53. The predicted molar refractivity (Wildman–Crippen MR) is 108 cm³/mol. The summed E-state index contributed by atoms with van der Waals surface area (Å²) in [7, 11) is 0. The Bertz CT molecular complexity index is 1190. The molecule has 0 radical (unpaired) electrons. The molecule has 1 amide bonds. The van der Waals surface area contributed by atoms with Crippen LogP contribution < -0.4 is 14.8 Å². The number of benzene rings is 2. The molecule has 1 N–H and O–H groups in total. The van der Waals surface area contributed by atoms with Gasteiger partial charge < -0.3 is 14.8 Å². The summed E-state index contributed by atoms with van der Waals surface area (Å²) in [6, 6.07) is 14.9. The molecule has 1 aliphatic rings. The number of fused-ring (bicyclic) bond motifs is 2. The van der Waals surface area contributed by atoms with Crippen LogP contribution in [0, 0.1) is 6.92 Å². The second-order valence-corrected chi connectivity index (χ2v) is 7.38. The van der Waals surface area contributed by atoms with Gasteiger partial charge >= 0.3 is 0 Å². The third-order valence-corrected chi connectivity index (χ3v) is 5.56. The van der Waals surface area contributed by atoms with E-state index < -0.39 is 0 Å². The van der Waals surface area contributed by atoms with Crippen LogP contribution in [-0.4, -0.2) is 22.7 Å². The zero-order chi connectivity index (χ0) is 19.1. The van der Waals surface area contributed by atoms with E-state index in [1.807, 2.05) is 37.3 Å². The van der Waals surface area contributed by atoms with Gasteiger partial charge in [0.05, 0.1) is 0 Å². The Morgan fingerprint density at radius 1 is 1.11 bits per heavy atom. The van der Waals surface area contributed by atoms with Gasteiger partial charge in [0.1, 0.15) is 15.4 Å². The molecule has 6 nitrogen and oxygen atoms in total. The highest BCUT2D eigenvalue weighted by Gasteiger charge is 2.17. The number of nitrogens with zero attached hydrogens (tertiary/aromatic N) is 2. The van der Waals surface area contributed by atoms with E-state index in [2.05, 4.69) is 15.3 Å². The van der Waals surface area contributed by atoms with E-state index in [1.165, 1.54) is 11.3 Å². The maximum atomic E-state index is 12.7. The number of amides is 1. The molecule has 3 heterocycles. The molecule has 138 valence electrons. The fourth-order valence-electron chi connectivity index (χ4n) is 3.02. The molecule has 5 rings (SSSR count). The van der Waals surface area contributed by atoms with Gasteiger partial charge in [-0.3, -0.25) is 4.79 Å². The normalized spacial score (nSPS) is 12.3. The molecule has 0 fully saturated rings. The van der Waals surface area contributed by atoms with Gasteiger partial charge in [0.25, 0.3) is 5.91 Å². The fourth-order valence-corrected chi connectivity index (χ4v) is 3.92. The second kappa shape index (κ2) is 6.61. The minimum Gasteiger partial charge on any atom is -0.454 e. The number of aromatic nitrogens is 2. The molecule has 0 saturated heterocycles. The lowest BCUT2D eigenvalue weighted by atomic mass is 10.1. The number of carbonyl (C=O) groups excluding carboxylic acids is 1. The van der Waals surface area contributed by atoms with Crippen LogP contribution >= 0.6 is 11.3 Å². The van der Waals surface area contributed by atoms with Crippen LogP contribution in [0.15, 0.2) is 54.7 Å². The van der Waals surface area contributed by atoms with Gasteiger partial charge in [-0.25, -0.2) is 9.97 Å². The molecule has 0 atom stereocenters. The van der Waals surface area contributed by atoms with Crippen molar-refractivity contribution < 1.29 is 14.3 Å². The van der Waals surface area contributed by atoms with Crippen LogP contribution in [0.25, 0.3) is 20.9 Å². The highest BCUT2D eigenvalue weighted by Crippen LogP contribution is 2.34. The summed E-state index contributed by atoms with van der Waals surface area (Å²) in [6.07, 6.45) is 1.76. The molecule has 0 aliphatic carbocycles. The van der Waals surface area contributed by atoms with Crippen molar-refractivity contribution in [2.45, 2.75) is 6.92 Å². The Labute approximate surface area is 164 Å². The number of pyridine rings is 1. The topological polar surface area (TPSA) is 73.3 Å². The van der Waals surface area contributed by atoms with Crippen LogP contribution in [0.4, 0.5) is 5.69 Å². The number of hydrogen-bond donors (Lipinski definition) is 1. The fraction of sp³-hybridized carbons (Fsp3) is 0.0952. The monoisotopic (exact) mass is 389 g/mol. The zero-order valence-electron chi connectivity index (χ0n) is 14.9. The molecule has 28 heavy (non-hydrogen) atoms. The minimum atomic E-state index is -0.204. The molecule has 2 aromatic carbocycles. The molecule has 0 spiro atoms. The lowest BCUT2D eigenvalue weighted by Crippen LogP contribution is -2.12. The lowest BCUT2D eigenvalue weighted by Gasteiger charge is -2.10. The smallest absolute Gasteiger partial charge is 0.255 e. The van der Waals surface area contributed by atoms with Gasteiger partial charge in [0, 0.05) is 23.0 Å². The summed E-state index contributed by atoms with van der Waals surface area (Å²) >= 11 is 1.53. The van der Waals surface area contributed by atoms with E-state index in [9.17, 15) is 4.79 Å². The van der Waals surface area contributed by atoms with Crippen molar-refractivity contribution in [2.24, 2.45) is 0 Å². The van der Waals surface area contributed by atoms with Crippen LogP contribution in [0.5, 0.6) is 11.5 Å². The number of rotatable bonds is 3. The van der Waals surface area contributed by atoms with E-state index in [0.29, 0.717) is 17.1 Å². The highest BCUT2D eigenvalue weighted by atomic mass is 32.1. The SMILES string of the molecule is Cc1ccc(-c2nc3cccnc3s2)cc1NC(=O)c1ccc2c(c1)OCO2. The number of hydrogen-bond acceptors (Lipinski definition) is 6. The minimum absolute atomic E-state index is 0.179. The average molecular weight is 389 g/mol. The van der Waals surface area contributed by atoms with Crippen LogP contribution in [0.1, 0.15) is 15.9 Å². The summed E-state index contributed by atoms with van der Waals surface area (Å²) in [4.78, 5) is 22.6. The van der Waals surface area contributed by atoms with Crippen molar-refractivity contribution in [1.82, 2.24) is 9.97 Å². The van der Waals surface area contributed by atoms with Gasteiger partial charge in [0.2, 0.25) is 6.79 Å². The first kappa shape index (κ1) is 16.7. The van der Waals surface area contributed by atoms with Crippen molar-refractivity contribution >= 4 is 33.3 Å². The first-order valence-electron chi connectivity index (χ1n) is 8.71. The van der Waals surface area contributed by atoms with E-state index >= 15 is 0 Å². The van der Waals surface area contributed by atoms with Gasteiger partial charge in [0.15, 0.2) is 11.5 Å². The van der Waals surface area contributed by atoms with E-state index in [4.69, 9.17) is 9.47 Å². The average Bonchev–Trinajstić information content (AvgIpc) is 3.35. The number of ether oxygens (including phenoxy) is 2. The highest BCUT2D eigenvalue weighted by molar-refractivity contribution is 7.21. The molecular formula is C21H15N3O3S. The van der Waals surface area contributed by atoms with Crippen LogP contribution in [-0.2, 0) is 0 Å². The molecule has 2 aromatic heterocycles. The van der Waals surface area contributed by atoms with Crippen molar-refractivity contribution in [3.63, 3.8) is 0 Å². The standard InChI is InChI=1S/C21H15N3O3S/c1-12-4-5-14(20-24-15-3-2-8-22-21(15)28-20)9-16(12)23-19(25)13-6-7-17-18(10-13)27-11-26-17/h2-10H,11H2,1H3,(H,23,25). The van der Waals surface area contributed by atoms with Crippen molar-refractivity contribution in [1.29, 1.82) is 0 Å². The summed E-state index contributed by atoms with van der Waals surface area (Å²) in [5, 5.41) is 3.86. The predicted octanol–water partition coefficient (Wildman–Crippen LogP) is 4.65. The maximum Gasteiger partial charge on any atom is 0.255 e. The van der Waals surface area contributed by atoms with E-state index in [0.717, 1.165) is 32.2 Å². The van der Waals surface area contributed by atoms with E-state index in [1.54, 1.807) is 24.4 Å². The Kier molecular flexibility index (Phi) is 3.95. The lowest BCUT2D eigenvalue weighted by molar-refractivity contribution is 0.102. The Balaban J connectivity index is 1.45. The number of carbonyl (C=O) groups is 1. The Morgan fingerprint density at radius 2 is 2.00 bits per heavy atom. The Morgan fingerprint density at radius 3 is 2.89 bits per heavy atom. The summed E-state index contributed by atoms with van der Waals surface area (Å²) in [5.41, 5.74) is 4.03. The molecule has 1 aliphatic heterocycles. The Hall–Kier alpha value is -3.45. The summed E-state index contributed by atoms with van der Waals surface area (Å²) in [6.45, 7) is 2.14. The third kappa shape index (κ3) is 2.95. The van der Waals surface area contributed by atoms with Crippen LogP contribution in [0.2, 0.25) is 0 Å². The molecule has 4 aromatic rings. The molecular weight excluding hydrogens is 374 g/mol. The molecule has 7 heteroatoms. The number of nitrogens with one attached hydrogen (secondary N) is 1. The first-order chi connectivity index (χ1) is 13.7. The summed E-state index contributed by atoms with van der Waals surface area (Å²) in [5.74, 6) is 1.03. The molecule has 0 bridgehead atoms. The maximum absolute atomic E-state index is 12.7.